The van der Waals surface area contributed by atoms with Crippen LogP contribution in [0.5, 0.6) is 0 Å². The van der Waals surface area contributed by atoms with Gasteiger partial charge in [0, 0.05) is 12.2 Å². The molecular formula is C16H15ClN2. The Hall–Kier alpha value is -1.98. The molecule has 3 heteroatoms. The average Bonchev–Trinajstić information content (AvgIpc) is 2.38. The van der Waals surface area contributed by atoms with E-state index in [1.807, 2.05) is 6.07 Å². The SMILES string of the molecule is Cc1cccc(C)c1CNc1ccc(C#N)c(Cl)c1. The Bertz CT molecular complexity index is 621. The van der Waals surface area contributed by atoms with Gasteiger partial charge in [-0.15, -0.1) is 0 Å². The van der Waals surface area contributed by atoms with Gasteiger partial charge in [0.2, 0.25) is 0 Å². The van der Waals surface area contributed by atoms with Crippen molar-refractivity contribution in [1.29, 1.82) is 5.26 Å². The third-order valence-corrected chi connectivity index (χ3v) is 3.52. The molecule has 0 saturated heterocycles. The van der Waals surface area contributed by atoms with Gasteiger partial charge in [-0.25, -0.2) is 0 Å². The molecule has 0 heterocycles. The Balaban J connectivity index is 2.15. The zero-order valence-corrected chi connectivity index (χ0v) is 11.8. The summed E-state index contributed by atoms with van der Waals surface area (Å²) in [4.78, 5) is 0. The normalized spacial score (nSPS) is 10.0. The molecule has 0 amide bonds. The number of rotatable bonds is 3. The number of hydrogen-bond donors (Lipinski definition) is 1. The van der Waals surface area contributed by atoms with Crippen LogP contribution in [0, 0.1) is 25.2 Å². The van der Waals surface area contributed by atoms with Crippen molar-refractivity contribution in [1.82, 2.24) is 0 Å². The van der Waals surface area contributed by atoms with Gasteiger partial charge >= 0.3 is 0 Å². The van der Waals surface area contributed by atoms with E-state index in [9.17, 15) is 0 Å². The standard InChI is InChI=1S/C16H15ClN2/c1-11-4-3-5-12(2)15(11)10-19-14-7-6-13(9-18)16(17)8-14/h3-8,19H,10H2,1-2H3. The molecular weight excluding hydrogens is 256 g/mol. The number of aryl methyl sites for hydroxylation is 2. The minimum atomic E-state index is 0.481. The first-order valence-electron chi connectivity index (χ1n) is 6.10. The number of nitrogens with one attached hydrogen (secondary N) is 1. The van der Waals surface area contributed by atoms with Gasteiger partial charge in [0.15, 0.2) is 0 Å². The fourth-order valence-electron chi connectivity index (χ4n) is 2.03. The fourth-order valence-corrected chi connectivity index (χ4v) is 2.26. The van der Waals surface area contributed by atoms with E-state index in [0.717, 1.165) is 12.2 Å². The van der Waals surface area contributed by atoms with Crippen LogP contribution in [-0.4, -0.2) is 0 Å². The lowest BCUT2D eigenvalue weighted by molar-refractivity contribution is 1.09. The molecule has 1 N–H and O–H groups in total. The lowest BCUT2D eigenvalue weighted by Gasteiger charge is -2.12. The number of benzene rings is 2. The molecule has 0 radical (unpaired) electrons. The van der Waals surface area contributed by atoms with Crippen LogP contribution in [0.2, 0.25) is 5.02 Å². The molecule has 0 aliphatic heterocycles. The highest BCUT2D eigenvalue weighted by atomic mass is 35.5. The quantitative estimate of drug-likeness (QED) is 0.895. The van der Waals surface area contributed by atoms with Crippen molar-refractivity contribution in [2.24, 2.45) is 0 Å². The average molecular weight is 271 g/mol. The molecule has 0 aliphatic rings. The molecule has 2 rings (SSSR count). The third kappa shape index (κ3) is 3.07. The van der Waals surface area contributed by atoms with Crippen molar-refractivity contribution in [2.45, 2.75) is 20.4 Å². The summed E-state index contributed by atoms with van der Waals surface area (Å²) in [6.45, 7) is 4.96. The van der Waals surface area contributed by atoms with Crippen molar-refractivity contribution >= 4 is 17.3 Å². The molecule has 0 aliphatic carbocycles. The van der Waals surface area contributed by atoms with Crippen molar-refractivity contribution in [2.75, 3.05) is 5.32 Å². The molecule has 0 bridgehead atoms. The van der Waals surface area contributed by atoms with E-state index in [1.165, 1.54) is 16.7 Å². The van der Waals surface area contributed by atoms with Crippen LogP contribution < -0.4 is 5.32 Å². The maximum absolute atomic E-state index is 8.84. The van der Waals surface area contributed by atoms with Crippen molar-refractivity contribution in [3.63, 3.8) is 0 Å². The summed E-state index contributed by atoms with van der Waals surface area (Å²) in [5.41, 5.74) is 5.26. The first kappa shape index (κ1) is 13.5. The Morgan fingerprint density at radius 1 is 1.16 bits per heavy atom. The second-order valence-corrected chi connectivity index (χ2v) is 4.94. The monoisotopic (exact) mass is 270 g/mol. The Kier molecular flexibility index (Phi) is 4.09. The molecule has 0 fully saturated rings. The molecule has 0 unspecified atom stereocenters. The second-order valence-electron chi connectivity index (χ2n) is 4.53. The molecule has 0 spiro atoms. The topological polar surface area (TPSA) is 35.8 Å². The number of halogens is 1. The maximum Gasteiger partial charge on any atom is 0.101 e. The van der Waals surface area contributed by atoms with E-state index in [1.54, 1.807) is 12.1 Å². The molecule has 0 saturated carbocycles. The number of anilines is 1. The minimum Gasteiger partial charge on any atom is -0.381 e. The van der Waals surface area contributed by atoms with E-state index in [2.05, 4.69) is 43.4 Å². The van der Waals surface area contributed by atoms with Crippen LogP contribution in [0.3, 0.4) is 0 Å². The number of nitriles is 1. The lowest BCUT2D eigenvalue weighted by atomic mass is 10.0. The summed E-state index contributed by atoms with van der Waals surface area (Å²) in [7, 11) is 0. The summed E-state index contributed by atoms with van der Waals surface area (Å²) in [6.07, 6.45) is 0. The number of nitrogens with zero attached hydrogens (tertiary/aromatic N) is 1. The predicted molar refractivity (Wildman–Crippen MR) is 79.4 cm³/mol. The van der Waals surface area contributed by atoms with Crippen LogP contribution in [0.4, 0.5) is 5.69 Å². The fraction of sp³-hybridized carbons (Fsp3) is 0.188. The van der Waals surface area contributed by atoms with Gasteiger partial charge in [-0.05, 0) is 48.7 Å². The Morgan fingerprint density at radius 3 is 2.42 bits per heavy atom. The summed E-state index contributed by atoms with van der Waals surface area (Å²) < 4.78 is 0. The lowest BCUT2D eigenvalue weighted by Crippen LogP contribution is -2.03. The highest BCUT2D eigenvalue weighted by Crippen LogP contribution is 2.21. The highest BCUT2D eigenvalue weighted by molar-refractivity contribution is 6.32. The van der Waals surface area contributed by atoms with Crippen LogP contribution in [0.25, 0.3) is 0 Å². The highest BCUT2D eigenvalue weighted by Gasteiger charge is 2.04. The predicted octanol–water partition coefficient (Wildman–Crippen LogP) is 4.44. The zero-order valence-electron chi connectivity index (χ0n) is 11.0. The van der Waals surface area contributed by atoms with E-state index < -0.39 is 0 Å². The van der Waals surface area contributed by atoms with Crippen molar-refractivity contribution in [3.05, 3.63) is 63.7 Å². The van der Waals surface area contributed by atoms with Gasteiger partial charge in [0.05, 0.1) is 10.6 Å². The molecule has 19 heavy (non-hydrogen) atoms. The molecule has 2 nitrogen and oxygen atoms in total. The van der Waals surface area contributed by atoms with E-state index in [0.29, 0.717) is 10.6 Å². The first-order valence-corrected chi connectivity index (χ1v) is 6.48. The molecule has 2 aromatic carbocycles. The maximum atomic E-state index is 8.84. The summed E-state index contributed by atoms with van der Waals surface area (Å²) in [5, 5.41) is 12.7. The molecule has 0 atom stereocenters. The molecule has 96 valence electrons. The van der Waals surface area contributed by atoms with Gasteiger partial charge in [-0.1, -0.05) is 29.8 Å². The van der Waals surface area contributed by atoms with Crippen LogP contribution in [-0.2, 0) is 6.54 Å². The van der Waals surface area contributed by atoms with Gasteiger partial charge < -0.3 is 5.32 Å². The number of hydrogen-bond acceptors (Lipinski definition) is 2. The van der Waals surface area contributed by atoms with Crippen LogP contribution >= 0.6 is 11.6 Å². The Morgan fingerprint density at radius 2 is 1.84 bits per heavy atom. The molecule has 2 aromatic rings. The largest absolute Gasteiger partial charge is 0.381 e. The summed E-state index contributed by atoms with van der Waals surface area (Å²) in [5.74, 6) is 0. The second kappa shape index (κ2) is 5.77. The van der Waals surface area contributed by atoms with Gasteiger partial charge in [-0.3, -0.25) is 0 Å². The zero-order chi connectivity index (χ0) is 13.8. The first-order chi connectivity index (χ1) is 9.11. The van der Waals surface area contributed by atoms with E-state index in [4.69, 9.17) is 16.9 Å². The van der Waals surface area contributed by atoms with Crippen molar-refractivity contribution < 1.29 is 0 Å². The van der Waals surface area contributed by atoms with Crippen LogP contribution in [0.1, 0.15) is 22.3 Å². The minimum absolute atomic E-state index is 0.481. The smallest absolute Gasteiger partial charge is 0.101 e. The van der Waals surface area contributed by atoms with Gasteiger partial charge in [-0.2, -0.15) is 5.26 Å². The van der Waals surface area contributed by atoms with E-state index >= 15 is 0 Å². The summed E-state index contributed by atoms with van der Waals surface area (Å²) in [6, 6.07) is 13.7. The van der Waals surface area contributed by atoms with E-state index in [-0.39, 0.29) is 0 Å². The van der Waals surface area contributed by atoms with Gasteiger partial charge in [0.1, 0.15) is 6.07 Å². The van der Waals surface area contributed by atoms with Crippen LogP contribution in [0.15, 0.2) is 36.4 Å². The molecule has 0 aromatic heterocycles. The third-order valence-electron chi connectivity index (χ3n) is 3.20. The van der Waals surface area contributed by atoms with Crippen molar-refractivity contribution in [3.8, 4) is 6.07 Å². The summed E-state index contributed by atoms with van der Waals surface area (Å²) >= 11 is 6.01. The Labute approximate surface area is 118 Å². The van der Waals surface area contributed by atoms with Gasteiger partial charge in [0.25, 0.3) is 0 Å².